The quantitative estimate of drug-likeness (QED) is 0.595. The third-order valence-corrected chi connectivity index (χ3v) is 12.6. The lowest BCUT2D eigenvalue weighted by Crippen LogP contribution is -2.23. The Morgan fingerprint density at radius 1 is 1.28 bits per heavy atom. The Kier molecular flexibility index (Phi) is 4.49. The minimum atomic E-state index is -1.76. The summed E-state index contributed by atoms with van der Waals surface area (Å²) in [5, 5.41) is 0.660. The van der Waals surface area contributed by atoms with Gasteiger partial charge >= 0.3 is 0 Å². The molecule has 1 aliphatic carbocycles. The molecule has 0 radical (unpaired) electrons. The van der Waals surface area contributed by atoms with Crippen molar-refractivity contribution in [2.24, 2.45) is 0 Å². The maximum absolute atomic E-state index is 6.23. The lowest BCUT2D eigenvalue weighted by Gasteiger charge is -2.21. The second-order valence-corrected chi connectivity index (χ2v) is 15.9. The molecule has 2 aliphatic rings. The summed E-state index contributed by atoms with van der Waals surface area (Å²) in [7, 11) is 0. The molecule has 1 nitrogen and oxygen atoms in total. The lowest BCUT2D eigenvalue weighted by atomic mass is 9.97. The molecule has 1 heterocycles. The van der Waals surface area contributed by atoms with E-state index in [9.17, 15) is 0 Å². The van der Waals surface area contributed by atoms with E-state index in [1.54, 1.807) is 11.4 Å². The zero-order valence-electron chi connectivity index (χ0n) is 9.75. The molecule has 0 aromatic heterocycles. The number of fused-ring (bicyclic) bond motifs is 1. The van der Waals surface area contributed by atoms with Gasteiger partial charge in [0.05, 0.1) is 6.10 Å². The molecule has 0 amide bonds. The van der Waals surface area contributed by atoms with Crippen molar-refractivity contribution in [3.05, 3.63) is 28.7 Å². The van der Waals surface area contributed by atoms with Crippen molar-refractivity contribution >= 4 is 55.2 Å². The summed E-state index contributed by atoms with van der Waals surface area (Å²) in [6.45, 7) is 0. The van der Waals surface area contributed by atoms with Gasteiger partial charge in [-0.25, -0.2) is 0 Å². The second kappa shape index (κ2) is 5.79. The minimum Gasteiger partial charge on any atom is -0.329 e. The van der Waals surface area contributed by atoms with Crippen LogP contribution in [0.4, 0.5) is 0 Å². The van der Waals surface area contributed by atoms with E-state index in [-0.39, 0.29) is 0 Å². The number of hydrogen-bond acceptors (Lipinski definition) is 4. The summed E-state index contributed by atoms with van der Waals surface area (Å²) in [5.41, 5.74) is 0. The van der Waals surface area contributed by atoms with E-state index in [1.165, 1.54) is 30.6 Å². The van der Waals surface area contributed by atoms with Gasteiger partial charge in [-0.1, -0.05) is 51.5 Å². The molecule has 18 heavy (non-hydrogen) atoms. The third kappa shape index (κ3) is 3.18. The van der Waals surface area contributed by atoms with Crippen LogP contribution in [0.1, 0.15) is 25.7 Å². The first-order chi connectivity index (χ1) is 8.65. The smallest absolute Gasteiger partial charge is 0.180 e. The highest BCUT2D eigenvalue weighted by atomic mass is 79.9. The summed E-state index contributed by atoms with van der Waals surface area (Å²) in [6, 6.07) is 8.37. The van der Waals surface area contributed by atoms with Crippen molar-refractivity contribution < 1.29 is 4.52 Å². The Morgan fingerprint density at radius 2 is 2.00 bits per heavy atom. The maximum Gasteiger partial charge on any atom is 0.180 e. The van der Waals surface area contributed by atoms with Crippen LogP contribution >= 0.6 is 43.4 Å². The van der Waals surface area contributed by atoms with Crippen molar-refractivity contribution in [1.29, 1.82) is 0 Å². The van der Waals surface area contributed by atoms with Crippen LogP contribution < -0.4 is 0 Å². The molecule has 3 atom stereocenters. The van der Waals surface area contributed by atoms with Crippen molar-refractivity contribution in [1.82, 2.24) is 0 Å². The largest absolute Gasteiger partial charge is 0.329 e. The molecule has 1 aromatic carbocycles. The van der Waals surface area contributed by atoms with Gasteiger partial charge in [-0.15, -0.1) is 0 Å². The van der Waals surface area contributed by atoms with E-state index < -0.39 is 4.67 Å². The van der Waals surface area contributed by atoms with Crippen LogP contribution in [0, 0.1) is 0 Å². The summed E-state index contributed by atoms with van der Waals surface area (Å²) in [6.07, 6.45) is 5.57. The predicted octanol–water partition coefficient (Wildman–Crippen LogP) is 5.84. The molecule has 1 saturated heterocycles. The van der Waals surface area contributed by atoms with E-state index in [0.717, 1.165) is 4.47 Å². The Morgan fingerprint density at radius 3 is 2.72 bits per heavy atom. The number of hydrogen-bond donors (Lipinski definition) is 0. The monoisotopic (exact) mass is 380 g/mol. The van der Waals surface area contributed by atoms with Crippen molar-refractivity contribution in [2.75, 3.05) is 0 Å². The van der Waals surface area contributed by atoms with Gasteiger partial charge in [0.15, 0.2) is 4.67 Å². The van der Waals surface area contributed by atoms with E-state index in [2.05, 4.69) is 40.2 Å². The van der Waals surface area contributed by atoms with Crippen molar-refractivity contribution in [2.45, 2.75) is 41.9 Å². The molecular formula is C12H14BrOPS3. The third-order valence-electron chi connectivity index (χ3n) is 3.20. The SMILES string of the molecule is S=P1(Sc2ccc(Br)cc2)O[C@@H]2CCCCC2S1. The van der Waals surface area contributed by atoms with Crippen LogP contribution in [0.3, 0.4) is 0 Å². The van der Waals surface area contributed by atoms with Crippen molar-refractivity contribution in [3.8, 4) is 0 Å². The highest BCUT2D eigenvalue weighted by Crippen LogP contribution is 2.79. The average Bonchev–Trinajstić information content (AvgIpc) is 2.68. The lowest BCUT2D eigenvalue weighted by molar-refractivity contribution is 0.196. The molecule has 0 N–H and O–H groups in total. The topological polar surface area (TPSA) is 9.23 Å². The molecule has 2 fully saturated rings. The van der Waals surface area contributed by atoms with Gasteiger partial charge in [-0.3, -0.25) is 0 Å². The van der Waals surface area contributed by atoms with Gasteiger partial charge in [-0.05, 0) is 48.9 Å². The summed E-state index contributed by atoms with van der Waals surface area (Å²) < 4.78 is 5.57. The zero-order chi connectivity index (χ0) is 12.6. The van der Waals surface area contributed by atoms with Crippen LogP contribution in [-0.2, 0) is 16.3 Å². The molecular weight excluding hydrogens is 367 g/mol. The van der Waals surface area contributed by atoms with E-state index in [0.29, 0.717) is 11.4 Å². The zero-order valence-corrected chi connectivity index (χ0v) is 14.7. The van der Waals surface area contributed by atoms with Gasteiger partial charge in [0, 0.05) is 14.6 Å². The number of halogens is 1. The van der Waals surface area contributed by atoms with Crippen LogP contribution in [0.2, 0.25) is 0 Å². The van der Waals surface area contributed by atoms with Gasteiger partial charge in [0.25, 0.3) is 0 Å². The first-order valence-corrected chi connectivity index (χ1v) is 12.5. The fraction of sp³-hybridized carbons (Fsp3) is 0.500. The summed E-state index contributed by atoms with van der Waals surface area (Å²) in [5.74, 6) is 0. The number of benzene rings is 1. The van der Waals surface area contributed by atoms with Crippen LogP contribution in [0.5, 0.6) is 0 Å². The van der Waals surface area contributed by atoms with E-state index >= 15 is 0 Å². The van der Waals surface area contributed by atoms with Gasteiger partial charge in [0.1, 0.15) is 0 Å². The Bertz CT molecular complexity index is 461. The van der Waals surface area contributed by atoms with E-state index in [1.807, 2.05) is 11.4 Å². The molecule has 1 aromatic rings. The van der Waals surface area contributed by atoms with Crippen LogP contribution in [0.15, 0.2) is 33.6 Å². The fourth-order valence-electron chi connectivity index (χ4n) is 2.33. The molecule has 1 aliphatic heterocycles. The molecule has 3 rings (SSSR count). The minimum absolute atomic E-state index is 0.428. The molecule has 6 heteroatoms. The maximum atomic E-state index is 6.23. The Balaban J connectivity index is 1.72. The highest BCUT2D eigenvalue weighted by Gasteiger charge is 2.42. The predicted molar refractivity (Wildman–Crippen MR) is 89.0 cm³/mol. The van der Waals surface area contributed by atoms with Gasteiger partial charge in [0.2, 0.25) is 0 Å². The van der Waals surface area contributed by atoms with Gasteiger partial charge < -0.3 is 4.52 Å². The summed E-state index contributed by atoms with van der Waals surface area (Å²) in [4.78, 5) is 1.23. The summed E-state index contributed by atoms with van der Waals surface area (Å²) >= 11 is 13.0. The normalized spacial score (nSPS) is 35.4. The molecule has 98 valence electrons. The Labute approximate surface area is 130 Å². The second-order valence-electron chi connectivity index (χ2n) is 4.56. The first kappa shape index (κ1) is 14.0. The highest BCUT2D eigenvalue weighted by molar-refractivity contribution is 9.10. The van der Waals surface area contributed by atoms with Crippen LogP contribution in [-0.4, -0.2) is 11.4 Å². The molecule has 2 unspecified atom stereocenters. The average molecular weight is 381 g/mol. The molecule has 1 saturated carbocycles. The number of rotatable bonds is 2. The molecule has 0 spiro atoms. The molecule has 0 bridgehead atoms. The standard InChI is InChI=1S/C12H14BrOPS3/c13-9-5-7-10(8-6-9)17-15(16)14-11-3-1-2-4-12(11)18-15/h5-8,11-12H,1-4H2/t11-,12?,15?/m1/s1. The van der Waals surface area contributed by atoms with Gasteiger partial charge in [-0.2, -0.15) is 0 Å². The van der Waals surface area contributed by atoms with Crippen molar-refractivity contribution in [3.63, 3.8) is 0 Å². The Hall–Kier alpha value is 1.01. The first-order valence-electron chi connectivity index (χ1n) is 6.07. The fourth-order valence-corrected chi connectivity index (χ4v) is 13.0. The van der Waals surface area contributed by atoms with E-state index in [4.69, 9.17) is 16.3 Å². The van der Waals surface area contributed by atoms with Crippen LogP contribution in [0.25, 0.3) is 0 Å².